The van der Waals surface area contributed by atoms with E-state index in [0.29, 0.717) is 12.0 Å². The van der Waals surface area contributed by atoms with Crippen molar-refractivity contribution < 1.29 is 0 Å². The Bertz CT molecular complexity index is 145. The Balaban J connectivity index is 2.42. The summed E-state index contributed by atoms with van der Waals surface area (Å²) < 4.78 is 0. The molecule has 1 saturated carbocycles. The predicted octanol–water partition coefficient (Wildman–Crippen LogP) is 0.944. The average Bonchev–Trinajstić information content (AvgIpc) is 2.40. The lowest BCUT2D eigenvalue weighted by Crippen LogP contribution is -2.11. The highest BCUT2D eigenvalue weighted by Gasteiger charge is 2.13. The third-order valence-electron chi connectivity index (χ3n) is 1.80. The van der Waals surface area contributed by atoms with Crippen LogP contribution in [0.2, 0.25) is 0 Å². The van der Waals surface area contributed by atoms with Gasteiger partial charge in [0.25, 0.3) is 0 Å². The number of aliphatic imine (C=N–C) groups is 2. The summed E-state index contributed by atoms with van der Waals surface area (Å²) in [5.74, 6) is 0.340. The van der Waals surface area contributed by atoms with Gasteiger partial charge in [0.15, 0.2) is 0 Å². The maximum Gasteiger partial charge on any atom is 0.214 e. The maximum absolute atomic E-state index is 5.37. The van der Waals surface area contributed by atoms with Gasteiger partial charge in [-0.2, -0.15) is 0 Å². The van der Waals surface area contributed by atoms with Crippen LogP contribution in [0.3, 0.4) is 0 Å². The van der Waals surface area contributed by atoms with E-state index in [1.807, 2.05) is 0 Å². The smallest absolute Gasteiger partial charge is 0.214 e. The van der Waals surface area contributed by atoms with Crippen LogP contribution in [-0.2, 0) is 0 Å². The van der Waals surface area contributed by atoms with E-state index in [2.05, 4.69) is 16.7 Å². The summed E-state index contributed by atoms with van der Waals surface area (Å²) in [5.41, 5.74) is 5.37. The summed E-state index contributed by atoms with van der Waals surface area (Å²) >= 11 is 0. The lowest BCUT2D eigenvalue weighted by atomic mass is 10.3. The summed E-state index contributed by atoms with van der Waals surface area (Å²) in [6.45, 7) is 3.30. The highest BCUT2D eigenvalue weighted by Crippen LogP contribution is 2.20. The number of guanidine groups is 1. The standard InChI is InChI=1S/C7H13N3/c1-9-7(8)10-6-4-2-3-5-6/h6H,1-5H2,(H2,8,10). The van der Waals surface area contributed by atoms with Crippen molar-refractivity contribution in [2.24, 2.45) is 15.7 Å². The van der Waals surface area contributed by atoms with Crippen LogP contribution in [0, 0.1) is 0 Å². The van der Waals surface area contributed by atoms with Crippen molar-refractivity contribution in [1.82, 2.24) is 0 Å². The third kappa shape index (κ3) is 1.83. The van der Waals surface area contributed by atoms with Crippen molar-refractivity contribution in [1.29, 1.82) is 0 Å². The fourth-order valence-corrected chi connectivity index (χ4v) is 1.26. The molecule has 1 rings (SSSR count). The Labute approximate surface area is 61.1 Å². The second-order valence-corrected chi connectivity index (χ2v) is 2.58. The SMILES string of the molecule is C=NC(N)=NC1CCCC1. The number of rotatable bonds is 1. The summed E-state index contributed by atoms with van der Waals surface area (Å²) in [5, 5.41) is 0. The van der Waals surface area contributed by atoms with E-state index in [1.54, 1.807) is 0 Å². The van der Waals surface area contributed by atoms with Crippen LogP contribution >= 0.6 is 0 Å². The predicted molar refractivity (Wildman–Crippen MR) is 43.4 cm³/mol. The number of hydrogen-bond acceptors (Lipinski definition) is 1. The average molecular weight is 139 g/mol. The van der Waals surface area contributed by atoms with Crippen molar-refractivity contribution >= 4 is 12.7 Å². The number of nitrogens with two attached hydrogens (primary N) is 1. The summed E-state index contributed by atoms with van der Waals surface area (Å²) in [6.07, 6.45) is 4.88. The minimum Gasteiger partial charge on any atom is -0.368 e. The van der Waals surface area contributed by atoms with Gasteiger partial charge in [-0.15, -0.1) is 0 Å². The molecule has 1 fully saturated rings. The number of hydrogen-bond donors (Lipinski definition) is 1. The molecule has 1 aliphatic carbocycles. The summed E-state index contributed by atoms with van der Waals surface area (Å²) in [7, 11) is 0. The van der Waals surface area contributed by atoms with E-state index in [4.69, 9.17) is 5.73 Å². The van der Waals surface area contributed by atoms with Gasteiger partial charge in [-0.1, -0.05) is 12.8 Å². The second kappa shape index (κ2) is 3.34. The molecule has 0 heterocycles. The lowest BCUT2D eigenvalue weighted by Gasteiger charge is -2.00. The lowest BCUT2D eigenvalue weighted by molar-refractivity contribution is 0.704. The fraction of sp³-hybridized carbons (Fsp3) is 0.714. The topological polar surface area (TPSA) is 50.7 Å². The van der Waals surface area contributed by atoms with Crippen molar-refractivity contribution in [2.75, 3.05) is 0 Å². The Morgan fingerprint density at radius 2 is 2.00 bits per heavy atom. The van der Waals surface area contributed by atoms with E-state index in [-0.39, 0.29) is 0 Å². The summed E-state index contributed by atoms with van der Waals surface area (Å²) in [4.78, 5) is 7.69. The summed E-state index contributed by atoms with van der Waals surface area (Å²) in [6, 6.07) is 0.422. The van der Waals surface area contributed by atoms with Gasteiger partial charge in [-0.05, 0) is 19.6 Å². The van der Waals surface area contributed by atoms with Crippen molar-refractivity contribution in [3.8, 4) is 0 Å². The van der Waals surface area contributed by atoms with Crippen LogP contribution in [0.15, 0.2) is 9.98 Å². The second-order valence-electron chi connectivity index (χ2n) is 2.58. The first-order chi connectivity index (χ1) is 4.83. The van der Waals surface area contributed by atoms with Crippen LogP contribution in [-0.4, -0.2) is 18.7 Å². The minimum atomic E-state index is 0.340. The van der Waals surface area contributed by atoms with Gasteiger partial charge in [0.2, 0.25) is 5.96 Å². The van der Waals surface area contributed by atoms with Gasteiger partial charge >= 0.3 is 0 Å². The molecule has 0 amide bonds. The normalized spacial score (nSPS) is 21.4. The zero-order chi connectivity index (χ0) is 7.40. The molecular formula is C7H13N3. The van der Waals surface area contributed by atoms with E-state index in [1.165, 1.54) is 12.8 Å². The van der Waals surface area contributed by atoms with Crippen molar-refractivity contribution in [2.45, 2.75) is 31.7 Å². The van der Waals surface area contributed by atoms with Gasteiger partial charge in [-0.3, -0.25) is 0 Å². The van der Waals surface area contributed by atoms with Crippen molar-refractivity contribution in [3.05, 3.63) is 0 Å². The molecule has 0 spiro atoms. The molecule has 0 saturated heterocycles. The van der Waals surface area contributed by atoms with Crippen LogP contribution in [0.5, 0.6) is 0 Å². The van der Waals surface area contributed by atoms with Crippen LogP contribution < -0.4 is 5.73 Å². The molecule has 0 radical (unpaired) electrons. The van der Waals surface area contributed by atoms with Gasteiger partial charge in [0.1, 0.15) is 0 Å². The molecule has 0 atom stereocenters. The first-order valence-electron chi connectivity index (χ1n) is 3.63. The molecule has 56 valence electrons. The first-order valence-corrected chi connectivity index (χ1v) is 3.63. The minimum absolute atomic E-state index is 0.340. The zero-order valence-electron chi connectivity index (χ0n) is 6.08. The molecule has 0 bridgehead atoms. The first kappa shape index (κ1) is 7.25. The molecule has 0 aliphatic heterocycles. The zero-order valence-corrected chi connectivity index (χ0v) is 6.08. The highest BCUT2D eigenvalue weighted by molar-refractivity contribution is 5.82. The van der Waals surface area contributed by atoms with E-state index in [0.717, 1.165) is 12.8 Å². The van der Waals surface area contributed by atoms with Gasteiger partial charge < -0.3 is 5.73 Å². The van der Waals surface area contributed by atoms with E-state index in [9.17, 15) is 0 Å². The van der Waals surface area contributed by atoms with Crippen LogP contribution in [0.4, 0.5) is 0 Å². The monoisotopic (exact) mass is 139 g/mol. The molecule has 10 heavy (non-hydrogen) atoms. The van der Waals surface area contributed by atoms with Gasteiger partial charge in [-0.25, -0.2) is 9.98 Å². The molecule has 0 aromatic carbocycles. The largest absolute Gasteiger partial charge is 0.368 e. The van der Waals surface area contributed by atoms with Crippen LogP contribution in [0.1, 0.15) is 25.7 Å². The molecule has 3 nitrogen and oxygen atoms in total. The molecule has 1 aliphatic rings. The Morgan fingerprint density at radius 3 is 2.50 bits per heavy atom. The number of nitrogens with zero attached hydrogens (tertiary/aromatic N) is 2. The van der Waals surface area contributed by atoms with E-state index >= 15 is 0 Å². The quantitative estimate of drug-likeness (QED) is 0.426. The molecular weight excluding hydrogens is 126 g/mol. The molecule has 2 N–H and O–H groups in total. The Hall–Kier alpha value is -0.860. The van der Waals surface area contributed by atoms with Crippen molar-refractivity contribution in [3.63, 3.8) is 0 Å². The highest BCUT2D eigenvalue weighted by atomic mass is 15.0. The maximum atomic E-state index is 5.37. The Kier molecular flexibility index (Phi) is 2.42. The third-order valence-corrected chi connectivity index (χ3v) is 1.80. The Morgan fingerprint density at radius 1 is 1.40 bits per heavy atom. The van der Waals surface area contributed by atoms with Gasteiger partial charge in [0.05, 0.1) is 6.04 Å². The molecule has 0 aromatic heterocycles. The fourth-order valence-electron chi connectivity index (χ4n) is 1.26. The molecule has 3 heteroatoms. The molecule has 0 aromatic rings. The van der Waals surface area contributed by atoms with E-state index < -0.39 is 0 Å². The molecule has 0 unspecified atom stereocenters. The van der Waals surface area contributed by atoms with Gasteiger partial charge in [0, 0.05) is 0 Å². The van der Waals surface area contributed by atoms with Crippen LogP contribution in [0.25, 0.3) is 0 Å².